The first-order chi connectivity index (χ1) is 7.08. The highest BCUT2D eigenvalue weighted by Gasteiger charge is 2.10. The number of rotatable bonds is 1. The van der Waals surface area contributed by atoms with Crippen LogP contribution in [0.15, 0.2) is 27.5 Å². The minimum absolute atomic E-state index is 0.443. The van der Waals surface area contributed by atoms with E-state index in [1.54, 1.807) is 16.8 Å². The average molecular weight is 372 g/mol. The summed E-state index contributed by atoms with van der Waals surface area (Å²) in [5.74, 6) is 0.527. The summed E-state index contributed by atoms with van der Waals surface area (Å²) in [4.78, 5) is 4.11. The molecule has 0 bridgehead atoms. The number of aromatic nitrogens is 3. The topological polar surface area (TPSA) is 30.7 Å². The number of hydrogen-bond donors (Lipinski definition) is 0. The molecule has 0 radical (unpaired) electrons. The quantitative estimate of drug-likeness (QED) is 0.755. The molecule has 0 saturated heterocycles. The smallest absolute Gasteiger partial charge is 0.173 e. The summed E-state index contributed by atoms with van der Waals surface area (Å²) in [5.41, 5.74) is 0. The van der Waals surface area contributed by atoms with Gasteiger partial charge in [0.15, 0.2) is 5.82 Å². The second kappa shape index (κ2) is 4.41. The molecule has 0 fully saturated rings. The van der Waals surface area contributed by atoms with Gasteiger partial charge in [-0.15, -0.1) is 0 Å². The molecule has 2 heterocycles. The molecule has 0 spiro atoms. The molecular weight excluding hydrogens is 369 g/mol. The van der Waals surface area contributed by atoms with Gasteiger partial charge in [-0.1, -0.05) is 23.2 Å². The van der Waals surface area contributed by atoms with E-state index >= 15 is 0 Å². The first-order valence-corrected chi connectivity index (χ1v) is 6.14. The van der Waals surface area contributed by atoms with E-state index in [2.05, 4.69) is 41.9 Å². The molecule has 0 amide bonds. The predicted octanol–water partition coefficient (Wildman–Crippen LogP) is 4.10. The van der Waals surface area contributed by atoms with Crippen LogP contribution in [0.2, 0.25) is 10.0 Å². The van der Waals surface area contributed by atoms with Gasteiger partial charge < -0.3 is 0 Å². The molecule has 78 valence electrons. The van der Waals surface area contributed by atoms with Crippen molar-refractivity contribution in [3.8, 4) is 5.82 Å². The van der Waals surface area contributed by atoms with E-state index in [1.165, 1.54) is 6.20 Å². The van der Waals surface area contributed by atoms with Crippen LogP contribution in [0.1, 0.15) is 0 Å². The first-order valence-electron chi connectivity index (χ1n) is 3.80. The van der Waals surface area contributed by atoms with Crippen molar-refractivity contribution in [2.75, 3.05) is 0 Å². The van der Waals surface area contributed by atoms with Crippen LogP contribution in [0.3, 0.4) is 0 Å². The highest BCUT2D eigenvalue weighted by atomic mass is 79.9. The van der Waals surface area contributed by atoms with Crippen molar-refractivity contribution in [1.29, 1.82) is 0 Å². The molecule has 0 aliphatic carbocycles. The molecule has 0 aromatic carbocycles. The van der Waals surface area contributed by atoms with Gasteiger partial charge in [0.05, 0.1) is 10.0 Å². The average Bonchev–Trinajstić information content (AvgIpc) is 2.45. The summed E-state index contributed by atoms with van der Waals surface area (Å²) in [5, 5.41) is 5.10. The number of pyridine rings is 1. The monoisotopic (exact) mass is 369 g/mol. The minimum atomic E-state index is 0.443. The zero-order valence-electron chi connectivity index (χ0n) is 7.09. The fourth-order valence-corrected chi connectivity index (χ4v) is 2.65. The van der Waals surface area contributed by atoms with Crippen molar-refractivity contribution < 1.29 is 0 Å². The lowest BCUT2D eigenvalue weighted by Gasteiger charge is -2.04. The van der Waals surface area contributed by atoms with Crippen LogP contribution in [-0.4, -0.2) is 14.8 Å². The van der Waals surface area contributed by atoms with E-state index in [0.29, 0.717) is 20.5 Å². The maximum absolute atomic E-state index is 6.00. The van der Waals surface area contributed by atoms with Crippen molar-refractivity contribution in [3.05, 3.63) is 37.6 Å². The molecule has 0 atom stereocenters. The van der Waals surface area contributed by atoms with Crippen LogP contribution < -0.4 is 0 Å². The number of nitrogens with zero attached hydrogens (tertiary/aromatic N) is 3. The van der Waals surface area contributed by atoms with E-state index in [-0.39, 0.29) is 0 Å². The molecule has 15 heavy (non-hydrogen) atoms. The summed E-state index contributed by atoms with van der Waals surface area (Å²) < 4.78 is 3.02. The molecule has 0 aliphatic heterocycles. The molecule has 0 aliphatic rings. The Kier molecular flexibility index (Phi) is 3.35. The van der Waals surface area contributed by atoms with Gasteiger partial charge in [0, 0.05) is 12.3 Å². The zero-order chi connectivity index (χ0) is 11.0. The van der Waals surface area contributed by atoms with Gasteiger partial charge in [-0.2, -0.15) is 5.10 Å². The molecule has 0 N–H and O–H groups in total. The van der Waals surface area contributed by atoms with Gasteiger partial charge in [0.2, 0.25) is 0 Å². The molecule has 3 nitrogen and oxygen atoms in total. The predicted molar refractivity (Wildman–Crippen MR) is 66.8 cm³/mol. The van der Waals surface area contributed by atoms with E-state index in [4.69, 9.17) is 23.2 Å². The number of hydrogen-bond acceptors (Lipinski definition) is 2. The van der Waals surface area contributed by atoms with Crippen LogP contribution in [0.5, 0.6) is 0 Å². The molecule has 0 unspecified atom stereocenters. The van der Waals surface area contributed by atoms with Crippen molar-refractivity contribution >= 4 is 55.1 Å². The summed E-state index contributed by atoms with van der Waals surface area (Å²) in [7, 11) is 0. The second-order valence-corrected chi connectivity index (χ2v) is 5.13. The second-order valence-electron chi connectivity index (χ2n) is 2.66. The minimum Gasteiger partial charge on any atom is -0.234 e. The highest BCUT2D eigenvalue weighted by molar-refractivity contribution is 9.11. The van der Waals surface area contributed by atoms with Crippen molar-refractivity contribution in [2.24, 2.45) is 0 Å². The molecule has 2 rings (SSSR count). The van der Waals surface area contributed by atoms with Crippen molar-refractivity contribution in [3.63, 3.8) is 0 Å². The van der Waals surface area contributed by atoms with Crippen LogP contribution in [-0.2, 0) is 0 Å². The summed E-state index contributed by atoms with van der Waals surface area (Å²) in [6, 6.07) is 3.42. The van der Waals surface area contributed by atoms with Gasteiger partial charge in [0.1, 0.15) is 9.21 Å². The van der Waals surface area contributed by atoms with E-state index in [0.717, 1.165) is 4.60 Å². The van der Waals surface area contributed by atoms with Gasteiger partial charge in [-0.05, 0) is 37.9 Å². The Morgan fingerprint density at radius 1 is 1.20 bits per heavy atom. The van der Waals surface area contributed by atoms with Gasteiger partial charge in [-0.3, -0.25) is 0 Å². The maximum atomic E-state index is 6.00. The summed E-state index contributed by atoms with van der Waals surface area (Å²) in [6.07, 6.45) is 1.52. The Morgan fingerprint density at radius 2 is 1.93 bits per heavy atom. The van der Waals surface area contributed by atoms with Crippen LogP contribution >= 0.6 is 55.1 Å². The van der Waals surface area contributed by atoms with Crippen molar-refractivity contribution in [1.82, 2.24) is 14.8 Å². The molecular formula is C8H3Br2Cl2N3. The van der Waals surface area contributed by atoms with Gasteiger partial charge >= 0.3 is 0 Å². The van der Waals surface area contributed by atoms with Crippen LogP contribution in [0.4, 0.5) is 0 Å². The molecule has 2 aromatic heterocycles. The summed E-state index contributed by atoms with van der Waals surface area (Å²) in [6.45, 7) is 0. The molecule has 2 aromatic rings. The Bertz CT molecular complexity index is 513. The Balaban J connectivity index is 2.59. The third kappa shape index (κ3) is 2.36. The standard InChI is InChI=1S/C8H3Br2Cl2N3/c9-6-2-7(10)15(14-6)8-5(12)1-4(11)3-13-8/h1-3H. The lowest BCUT2D eigenvalue weighted by molar-refractivity contribution is 0.822. The van der Waals surface area contributed by atoms with Crippen LogP contribution in [0.25, 0.3) is 5.82 Å². The van der Waals surface area contributed by atoms with E-state index < -0.39 is 0 Å². The normalized spacial score (nSPS) is 10.7. The fraction of sp³-hybridized carbons (Fsp3) is 0. The molecule has 7 heteroatoms. The van der Waals surface area contributed by atoms with E-state index in [1.807, 2.05) is 0 Å². The lowest BCUT2D eigenvalue weighted by atomic mass is 10.4. The first kappa shape index (κ1) is 11.4. The SMILES string of the molecule is Clc1cnc(-n2nc(Br)cc2Br)c(Cl)c1. The van der Waals surface area contributed by atoms with Crippen molar-refractivity contribution in [2.45, 2.75) is 0 Å². The third-order valence-corrected chi connectivity index (χ3v) is 3.06. The Labute approximate surface area is 113 Å². The van der Waals surface area contributed by atoms with Crippen LogP contribution in [0, 0.1) is 0 Å². The zero-order valence-corrected chi connectivity index (χ0v) is 11.8. The largest absolute Gasteiger partial charge is 0.234 e. The maximum Gasteiger partial charge on any atom is 0.173 e. The van der Waals surface area contributed by atoms with Gasteiger partial charge in [-0.25, -0.2) is 9.67 Å². The lowest BCUT2D eigenvalue weighted by Crippen LogP contribution is -2.00. The Morgan fingerprint density at radius 3 is 2.47 bits per heavy atom. The number of halogens is 4. The van der Waals surface area contributed by atoms with E-state index in [9.17, 15) is 0 Å². The summed E-state index contributed by atoms with van der Waals surface area (Å²) >= 11 is 18.4. The third-order valence-electron chi connectivity index (χ3n) is 1.63. The van der Waals surface area contributed by atoms with Gasteiger partial charge in [0.25, 0.3) is 0 Å². The highest BCUT2D eigenvalue weighted by Crippen LogP contribution is 2.26. The Hall–Kier alpha value is -0.100. The molecule has 0 saturated carbocycles. The fourth-order valence-electron chi connectivity index (χ4n) is 1.04.